The molecule has 0 atom stereocenters. The van der Waals surface area contributed by atoms with Crippen LogP contribution < -0.4 is 5.32 Å². The molecule has 0 spiro atoms. The fourth-order valence-corrected chi connectivity index (χ4v) is 3.18. The summed E-state index contributed by atoms with van der Waals surface area (Å²) in [6, 6.07) is 4.14. The zero-order chi connectivity index (χ0) is 15.8. The molecule has 114 valence electrons. The average Bonchev–Trinajstić information content (AvgIpc) is 2.65. The third-order valence-corrected chi connectivity index (χ3v) is 4.44. The van der Waals surface area contributed by atoms with Gasteiger partial charge in [-0.15, -0.1) is 0 Å². The Bertz CT molecular complexity index is 797. The Morgan fingerprint density at radius 2 is 2.05 bits per heavy atom. The molecule has 0 fully saturated rings. The Balaban J connectivity index is 2.25. The van der Waals surface area contributed by atoms with Crippen LogP contribution >= 0.6 is 11.3 Å². The lowest BCUT2D eigenvalue weighted by atomic mass is 10.3. The minimum Gasteiger partial charge on any atom is -0.302 e. The number of nitrogens with one attached hydrogen (secondary N) is 1. The molecule has 0 bridgehead atoms. The van der Waals surface area contributed by atoms with Crippen molar-refractivity contribution in [2.45, 2.75) is 17.5 Å². The summed E-state index contributed by atoms with van der Waals surface area (Å²) in [6.45, 7) is 0. The highest BCUT2D eigenvalue weighted by Gasteiger charge is 2.31. The van der Waals surface area contributed by atoms with Gasteiger partial charge in [0.2, 0.25) is 5.91 Å². The molecule has 0 saturated heterocycles. The number of anilines is 1. The first-order valence-electron chi connectivity index (χ1n) is 5.52. The normalized spacial score (nSPS) is 12.6. The molecule has 1 aromatic carbocycles. The van der Waals surface area contributed by atoms with Gasteiger partial charge in [-0.25, -0.2) is 13.4 Å². The van der Waals surface area contributed by atoms with Gasteiger partial charge in [-0.1, -0.05) is 11.3 Å². The van der Waals surface area contributed by atoms with Crippen molar-refractivity contribution in [1.29, 1.82) is 0 Å². The summed E-state index contributed by atoms with van der Waals surface area (Å²) in [6.07, 6.45) is -5.15. The number of carbonyl (C=O) groups is 1. The highest BCUT2D eigenvalue weighted by Crippen LogP contribution is 2.29. The third-order valence-electron chi connectivity index (χ3n) is 2.40. The van der Waals surface area contributed by atoms with Gasteiger partial charge in [0.15, 0.2) is 15.0 Å². The number of benzene rings is 1. The summed E-state index contributed by atoms with van der Waals surface area (Å²) in [5.74, 6) is -1.22. The molecule has 1 heterocycles. The van der Waals surface area contributed by atoms with Crippen LogP contribution in [0.4, 0.5) is 18.3 Å². The Morgan fingerprint density at radius 1 is 1.38 bits per heavy atom. The van der Waals surface area contributed by atoms with E-state index < -0.39 is 28.3 Å². The van der Waals surface area contributed by atoms with Gasteiger partial charge in [-0.3, -0.25) is 4.79 Å². The van der Waals surface area contributed by atoms with Gasteiger partial charge in [-0.05, 0) is 18.2 Å². The van der Waals surface area contributed by atoms with Crippen molar-refractivity contribution >= 4 is 42.4 Å². The first kappa shape index (κ1) is 15.7. The number of thiazole rings is 1. The van der Waals surface area contributed by atoms with Crippen LogP contribution in [0.1, 0.15) is 6.42 Å². The van der Waals surface area contributed by atoms with Crippen LogP contribution in [0.3, 0.4) is 0 Å². The molecule has 1 N–H and O–H groups in total. The number of nitrogens with zero attached hydrogens (tertiary/aromatic N) is 1. The predicted octanol–water partition coefficient (Wildman–Crippen LogP) is 2.59. The zero-order valence-electron chi connectivity index (χ0n) is 10.6. The molecule has 2 aromatic rings. The number of halogens is 3. The molecule has 0 aliphatic carbocycles. The zero-order valence-corrected chi connectivity index (χ0v) is 12.2. The largest absolute Gasteiger partial charge is 0.397 e. The van der Waals surface area contributed by atoms with Gasteiger partial charge in [0, 0.05) is 6.26 Å². The first-order valence-corrected chi connectivity index (χ1v) is 8.23. The van der Waals surface area contributed by atoms with Gasteiger partial charge < -0.3 is 5.32 Å². The van der Waals surface area contributed by atoms with E-state index in [1.165, 1.54) is 18.2 Å². The van der Waals surface area contributed by atoms with E-state index in [-0.39, 0.29) is 10.0 Å². The van der Waals surface area contributed by atoms with Crippen LogP contribution in [0.15, 0.2) is 23.1 Å². The van der Waals surface area contributed by atoms with Crippen molar-refractivity contribution in [3.05, 3.63) is 18.2 Å². The van der Waals surface area contributed by atoms with Crippen molar-refractivity contribution < 1.29 is 26.4 Å². The van der Waals surface area contributed by atoms with Crippen LogP contribution in [-0.2, 0) is 14.6 Å². The number of sulfone groups is 1. The second-order valence-electron chi connectivity index (χ2n) is 4.26. The van der Waals surface area contributed by atoms with E-state index in [2.05, 4.69) is 4.98 Å². The third kappa shape index (κ3) is 4.14. The minimum absolute atomic E-state index is 0.00935. The van der Waals surface area contributed by atoms with Crippen LogP contribution in [0.5, 0.6) is 0 Å². The first-order chi connectivity index (χ1) is 9.54. The van der Waals surface area contributed by atoms with Crippen LogP contribution in [0.25, 0.3) is 10.2 Å². The van der Waals surface area contributed by atoms with E-state index in [4.69, 9.17) is 0 Å². The van der Waals surface area contributed by atoms with Crippen molar-refractivity contribution in [2.24, 2.45) is 0 Å². The molecule has 0 unspecified atom stereocenters. The van der Waals surface area contributed by atoms with Gasteiger partial charge in [-0.2, -0.15) is 13.2 Å². The molecule has 0 saturated carbocycles. The van der Waals surface area contributed by atoms with Crippen molar-refractivity contribution in [3.8, 4) is 0 Å². The molecule has 0 aliphatic heterocycles. The number of fused-ring (bicyclic) bond motifs is 1. The van der Waals surface area contributed by atoms with E-state index >= 15 is 0 Å². The number of carbonyl (C=O) groups excluding carboxylic acids is 1. The Kier molecular flexibility index (Phi) is 3.93. The van der Waals surface area contributed by atoms with E-state index in [9.17, 15) is 26.4 Å². The van der Waals surface area contributed by atoms with Crippen LogP contribution in [-0.4, -0.2) is 31.7 Å². The lowest BCUT2D eigenvalue weighted by Gasteiger charge is -2.04. The fraction of sp³-hybridized carbons (Fsp3) is 0.273. The highest BCUT2D eigenvalue weighted by atomic mass is 32.2. The summed E-state index contributed by atoms with van der Waals surface area (Å²) in [5.41, 5.74) is 0.398. The molecule has 2 rings (SSSR count). The Morgan fingerprint density at radius 3 is 2.62 bits per heavy atom. The maximum absolute atomic E-state index is 12.1. The molecule has 0 radical (unpaired) electrons. The summed E-state index contributed by atoms with van der Waals surface area (Å²) < 4.78 is 59.4. The smallest absolute Gasteiger partial charge is 0.302 e. The number of hydrogen-bond acceptors (Lipinski definition) is 5. The quantitative estimate of drug-likeness (QED) is 0.933. The summed E-state index contributed by atoms with van der Waals surface area (Å²) in [4.78, 5) is 15.2. The summed E-state index contributed by atoms with van der Waals surface area (Å²) in [7, 11) is -3.39. The van der Waals surface area contributed by atoms with Gasteiger partial charge >= 0.3 is 6.18 Å². The molecule has 10 heteroatoms. The van der Waals surface area contributed by atoms with E-state index in [1.54, 1.807) is 0 Å². The SMILES string of the molecule is CS(=O)(=O)c1ccc2nc(NC(=O)CC(F)(F)F)sc2c1. The van der Waals surface area contributed by atoms with Crippen molar-refractivity contribution in [1.82, 2.24) is 4.98 Å². The second-order valence-corrected chi connectivity index (χ2v) is 7.31. The second kappa shape index (κ2) is 5.26. The molecule has 21 heavy (non-hydrogen) atoms. The standard InChI is InChI=1S/C11H9F3N2O3S2/c1-21(18,19)6-2-3-7-8(4-6)20-10(15-7)16-9(17)5-11(12,13)14/h2-4H,5H2,1H3,(H,15,16,17). The lowest BCUT2D eigenvalue weighted by molar-refractivity contribution is -0.150. The molecular weight excluding hydrogens is 329 g/mol. The Labute approximate surface area is 121 Å². The predicted molar refractivity (Wildman–Crippen MR) is 72.0 cm³/mol. The highest BCUT2D eigenvalue weighted by molar-refractivity contribution is 7.90. The minimum atomic E-state index is -4.59. The molecule has 5 nitrogen and oxygen atoms in total. The van der Waals surface area contributed by atoms with E-state index in [0.717, 1.165) is 17.6 Å². The number of amides is 1. The molecule has 0 aliphatic rings. The maximum atomic E-state index is 12.1. The van der Waals surface area contributed by atoms with Crippen molar-refractivity contribution in [2.75, 3.05) is 11.6 Å². The average molecular weight is 338 g/mol. The summed E-state index contributed by atoms with van der Waals surface area (Å²) in [5, 5.41) is 2.04. The molecule has 1 aromatic heterocycles. The summed E-state index contributed by atoms with van der Waals surface area (Å²) >= 11 is 0.907. The van der Waals surface area contributed by atoms with Gasteiger partial charge in [0.1, 0.15) is 6.42 Å². The fourth-order valence-electron chi connectivity index (χ4n) is 1.53. The van der Waals surface area contributed by atoms with Gasteiger partial charge in [0.25, 0.3) is 0 Å². The van der Waals surface area contributed by atoms with Crippen LogP contribution in [0, 0.1) is 0 Å². The number of alkyl halides is 3. The topological polar surface area (TPSA) is 76.1 Å². The maximum Gasteiger partial charge on any atom is 0.397 e. The number of hydrogen-bond donors (Lipinski definition) is 1. The molecule has 1 amide bonds. The van der Waals surface area contributed by atoms with Crippen LogP contribution in [0.2, 0.25) is 0 Å². The lowest BCUT2D eigenvalue weighted by Crippen LogP contribution is -2.20. The molecular formula is C11H9F3N2O3S2. The number of aromatic nitrogens is 1. The Hall–Kier alpha value is -1.68. The monoisotopic (exact) mass is 338 g/mol. The number of rotatable bonds is 3. The van der Waals surface area contributed by atoms with Gasteiger partial charge in [0.05, 0.1) is 15.1 Å². The van der Waals surface area contributed by atoms with Crippen molar-refractivity contribution in [3.63, 3.8) is 0 Å². The van der Waals surface area contributed by atoms with E-state index in [0.29, 0.717) is 10.2 Å². The van der Waals surface area contributed by atoms with E-state index in [1.807, 2.05) is 5.32 Å².